The minimum Gasteiger partial charge on any atom is -0.479 e. The van der Waals surface area contributed by atoms with Crippen molar-refractivity contribution < 1.29 is 29.4 Å². The third-order valence-electron chi connectivity index (χ3n) is 4.17. The lowest BCUT2D eigenvalue weighted by molar-refractivity contribution is -0.152. The summed E-state index contributed by atoms with van der Waals surface area (Å²) in [5.74, 6) is -1.89. The minimum absolute atomic E-state index is 0.183. The number of rotatable bonds is 12. The molecule has 0 radical (unpaired) electrons. The number of hydrogen-bond acceptors (Lipinski definition) is 3. The van der Waals surface area contributed by atoms with Gasteiger partial charge < -0.3 is 20.0 Å². The molecule has 150 valence electrons. The predicted octanol–water partition coefficient (Wildman–Crippen LogP) is 4.53. The zero-order valence-electron chi connectivity index (χ0n) is 16.2. The molecule has 0 spiro atoms. The summed E-state index contributed by atoms with van der Waals surface area (Å²) in [7, 11) is -5.13. The van der Waals surface area contributed by atoms with Gasteiger partial charge in [0.05, 0.1) is 0 Å². The number of carbonyl (C=O) groups is 1. The molecule has 0 saturated carbocycles. The van der Waals surface area contributed by atoms with Crippen molar-refractivity contribution in [2.45, 2.75) is 78.0 Å². The van der Waals surface area contributed by atoms with E-state index in [9.17, 15) is 14.5 Å². The number of hydrogen-bond donors (Lipinski definition) is 4. The van der Waals surface area contributed by atoms with Crippen molar-refractivity contribution in [1.29, 1.82) is 0 Å². The second-order valence-electron chi connectivity index (χ2n) is 7.02. The molecule has 4 N–H and O–H groups in total. The topological polar surface area (TPSA) is 115 Å². The van der Waals surface area contributed by atoms with Gasteiger partial charge in [-0.1, -0.05) is 34.9 Å². The van der Waals surface area contributed by atoms with Gasteiger partial charge >= 0.3 is 13.6 Å². The van der Waals surface area contributed by atoms with Crippen LogP contribution in [0.15, 0.2) is 34.9 Å². The molecular formula is C19H33O6P. The largest absolute Gasteiger partial charge is 0.479 e. The Balaban J connectivity index is 4.32. The maximum atomic E-state index is 11.2. The van der Waals surface area contributed by atoms with Crippen molar-refractivity contribution in [2.75, 3.05) is 0 Å². The Morgan fingerprint density at radius 2 is 1.38 bits per heavy atom. The zero-order valence-corrected chi connectivity index (χ0v) is 17.1. The van der Waals surface area contributed by atoms with E-state index in [1.165, 1.54) is 11.1 Å². The molecular weight excluding hydrogens is 355 g/mol. The van der Waals surface area contributed by atoms with E-state index < -0.39 is 25.3 Å². The summed E-state index contributed by atoms with van der Waals surface area (Å²) in [6, 6.07) is 0. The van der Waals surface area contributed by atoms with Crippen molar-refractivity contribution in [3.8, 4) is 0 Å². The Hall–Kier alpha value is -1.20. The van der Waals surface area contributed by atoms with Gasteiger partial charge in [-0.15, -0.1) is 0 Å². The summed E-state index contributed by atoms with van der Waals surface area (Å²) >= 11 is 0. The van der Waals surface area contributed by atoms with Crippen LogP contribution in [0.1, 0.15) is 72.6 Å². The van der Waals surface area contributed by atoms with Gasteiger partial charge in [-0.25, -0.2) is 4.79 Å². The maximum absolute atomic E-state index is 11.2. The van der Waals surface area contributed by atoms with Crippen LogP contribution >= 0.6 is 7.60 Å². The van der Waals surface area contributed by atoms with Crippen molar-refractivity contribution in [2.24, 2.45) is 0 Å². The van der Waals surface area contributed by atoms with Gasteiger partial charge in [0.1, 0.15) is 0 Å². The van der Waals surface area contributed by atoms with Crippen LogP contribution < -0.4 is 0 Å². The third kappa shape index (κ3) is 9.48. The van der Waals surface area contributed by atoms with Gasteiger partial charge in [-0.3, -0.25) is 4.57 Å². The van der Waals surface area contributed by atoms with Crippen LogP contribution in [0.25, 0.3) is 0 Å². The Labute approximate surface area is 156 Å². The highest BCUT2D eigenvalue weighted by molar-refractivity contribution is 7.54. The summed E-state index contributed by atoms with van der Waals surface area (Å²) in [5.41, 5.74) is 3.81. The van der Waals surface area contributed by atoms with Crippen LogP contribution in [-0.4, -0.2) is 31.3 Å². The summed E-state index contributed by atoms with van der Waals surface area (Å²) < 4.78 is 11.2. The molecule has 0 amide bonds. The molecule has 0 aliphatic rings. The fraction of sp³-hybridized carbons (Fsp3) is 0.632. The fourth-order valence-electron chi connectivity index (χ4n) is 2.41. The normalized spacial score (nSPS) is 15.5. The Kier molecular flexibility index (Phi) is 11.0. The monoisotopic (exact) mass is 388 g/mol. The van der Waals surface area contributed by atoms with Crippen LogP contribution in [0.5, 0.6) is 0 Å². The van der Waals surface area contributed by atoms with E-state index in [1.807, 2.05) is 13.0 Å². The van der Waals surface area contributed by atoms with E-state index in [2.05, 4.69) is 32.9 Å². The van der Waals surface area contributed by atoms with E-state index in [4.69, 9.17) is 14.9 Å². The molecule has 7 heteroatoms. The zero-order chi connectivity index (χ0) is 20.4. The van der Waals surface area contributed by atoms with Crippen LogP contribution in [0.2, 0.25) is 0 Å². The molecule has 0 aromatic rings. The highest BCUT2D eigenvalue weighted by Crippen LogP contribution is 2.51. The number of aliphatic hydroxyl groups is 1. The van der Waals surface area contributed by atoms with Gasteiger partial charge in [0.2, 0.25) is 0 Å². The summed E-state index contributed by atoms with van der Waals surface area (Å²) in [4.78, 5) is 29.0. The molecule has 0 fully saturated rings. The average Bonchev–Trinajstić information content (AvgIpc) is 2.49. The van der Waals surface area contributed by atoms with Crippen LogP contribution in [-0.2, 0) is 9.36 Å². The van der Waals surface area contributed by atoms with Gasteiger partial charge in [0.15, 0.2) is 0 Å². The number of unbranched alkanes of at least 4 members (excludes halogenated alkanes) is 1. The highest BCUT2D eigenvalue weighted by Gasteiger charge is 2.51. The van der Waals surface area contributed by atoms with Crippen molar-refractivity contribution in [3.63, 3.8) is 0 Å². The van der Waals surface area contributed by atoms with Crippen LogP contribution in [0.4, 0.5) is 0 Å². The van der Waals surface area contributed by atoms with E-state index >= 15 is 0 Å². The van der Waals surface area contributed by atoms with E-state index in [1.54, 1.807) is 0 Å². The molecule has 0 aliphatic carbocycles. The van der Waals surface area contributed by atoms with Crippen LogP contribution in [0.3, 0.4) is 0 Å². The lowest BCUT2D eigenvalue weighted by atomic mass is 10.0. The van der Waals surface area contributed by atoms with Gasteiger partial charge in [-0.2, -0.15) is 0 Å². The number of carboxylic acid groups (broad SMARTS) is 1. The first-order chi connectivity index (χ1) is 11.9. The Bertz CT molecular complexity index is 595. The lowest BCUT2D eigenvalue weighted by Crippen LogP contribution is -2.38. The second kappa shape index (κ2) is 11.5. The molecule has 6 nitrogen and oxygen atoms in total. The molecule has 1 atom stereocenters. The second-order valence-corrected chi connectivity index (χ2v) is 8.85. The maximum Gasteiger partial charge on any atom is 0.368 e. The molecule has 0 saturated heterocycles. The first-order valence-corrected chi connectivity index (χ1v) is 10.5. The van der Waals surface area contributed by atoms with Crippen molar-refractivity contribution in [3.05, 3.63) is 34.9 Å². The van der Waals surface area contributed by atoms with E-state index in [0.717, 1.165) is 31.3 Å². The van der Waals surface area contributed by atoms with Gasteiger partial charge in [0, 0.05) is 0 Å². The lowest BCUT2D eigenvalue weighted by Gasteiger charge is -2.23. The Morgan fingerprint density at radius 1 is 0.923 bits per heavy atom. The molecule has 0 heterocycles. The SMILES string of the molecule is CC(C)=CCCC(C)=CCCC(C)=CCCCC(O)(C(=O)O)P(=O)(O)O. The number of carboxylic acids is 1. The van der Waals surface area contributed by atoms with Gasteiger partial charge in [-0.05, 0) is 72.6 Å². The van der Waals surface area contributed by atoms with E-state index in [0.29, 0.717) is 6.42 Å². The van der Waals surface area contributed by atoms with Crippen LogP contribution in [0, 0.1) is 0 Å². The quantitative estimate of drug-likeness (QED) is 0.222. The molecule has 0 bridgehead atoms. The Morgan fingerprint density at radius 3 is 1.81 bits per heavy atom. The number of aliphatic carboxylic acids is 1. The van der Waals surface area contributed by atoms with Crippen molar-refractivity contribution in [1.82, 2.24) is 0 Å². The summed E-state index contributed by atoms with van der Waals surface area (Å²) in [5, 5.41) is 15.6. The standard InChI is InChI=1S/C19H33O6P/c1-15(2)9-7-11-17(4)13-8-12-16(3)10-5-6-14-19(22,18(20)21)26(23,24)25/h9-10,13,22H,5-8,11-12,14H2,1-4H3,(H,20,21)(H2,23,24,25). The smallest absolute Gasteiger partial charge is 0.368 e. The molecule has 0 aromatic heterocycles. The molecule has 0 rings (SSSR count). The predicted molar refractivity (Wildman–Crippen MR) is 104 cm³/mol. The molecule has 1 unspecified atom stereocenters. The first-order valence-electron chi connectivity index (χ1n) is 8.86. The average molecular weight is 388 g/mol. The summed E-state index contributed by atoms with van der Waals surface area (Å²) in [6.45, 7) is 8.26. The van der Waals surface area contributed by atoms with Gasteiger partial charge in [0.25, 0.3) is 5.34 Å². The minimum atomic E-state index is -5.13. The first kappa shape index (κ1) is 24.8. The molecule has 26 heavy (non-hydrogen) atoms. The fourth-order valence-corrected chi connectivity index (χ4v) is 3.11. The molecule has 0 aromatic carbocycles. The van der Waals surface area contributed by atoms with E-state index in [-0.39, 0.29) is 6.42 Å². The van der Waals surface area contributed by atoms with Crippen molar-refractivity contribution >= 4 is 13.6 Å². The summed E-state index contributed by atoms with van der Waals surface area (Å²) in [6.07, 6.45) is 10.4. The third-order valence-corrected chi connectivity index (χ3v) is 5.55. The highest BCUT2D eigenvalue weighted by atomic mass is 31.2. The molecule has 0 aliphatic heterocycles. The number of allylic oxidation sites excluding steroid dienone is 6.